The predicted octanol–water partition coefficient (Wildman–Crippen LogP) is 3.08. The molecule has 0 aliphatic heterocycles. The number of esters is 1. The highest BCUT2D eigenvalue weighted by Gasteiger charge is 2.21. The highest BCUT2D eigenvalue weighted by atomic mass is 32.2. The Balaban J connectivity index is 1.62. The third-order valence-corrected chi connectivity index (χ3v) is 5.82. The fourth-order valence-corrected chi connectivity index (χ4v) is 3.77. The maximum Gasteiger partial charge on any atom is 0.339 e. The summed E-state index contributed by atoms with van der Waals surface area (Å²) in [6.45, 7) is 5.17. The van der Waals surface area contributed by atoms with Crippen LogP contribution in [0.2, 0.25) is 0 Å². The van der Waals surface area contributed by atoms with Crippen molar-refractivity contribution in [2.24, 2.45) is 0 Å². The third kappa shape index (κ3) is 5.67. The number of sulfonamides is 1. The van der Waals surface area contributed by atoms with E-state index >= 15 is 0 Å². The van der Waals surface area contributed by atoms with Gasteiger partial charge in [0.15, 0.2) is 6.10 Å². The molecule has 0 aliphatic carbocycles. The van der Waals surface area contributed by atoms with E-state index in [0.717, 1.165) is 11.1 Å². The molecule has 0 saturated heterocycles. The molecule has 2 aromatic carbocycles. The summed E-state index contributed by atoms with van der Waals surface area (Å²) in [6.07, 6.45) is 1.78. The Morgan fingerprint density at radius 3 is 2.28 bits per heavy atom. The zero-order valence-electron chi connectivity index (χ0n) is 17.7. The summed E-state index contributed by atoms with van der Waals surface area (Å²) in [5.41, 5.74) is 2.51. The van der Waals surface area contributed by atoms with Crippen molar-refractivity contribution < 1.29 is 22.7 Å². The first kappa shape index (κ1) is 22.9. The number of carbonyl (C=O) groups is 2. The summed E-state index contributed by atoms with van der Waals surface area (Å²) >= 11 is 0. The molecular weight excluding hydrogens is 432 g/mol. The first-order valence-electron chi connectivity index (χ1n) is 9.65. The van der Waals surface area contributed by atoms with E-state index < -0.39 is 28.0 Å². The van der Waals surface area contributed by atoms with E-state index in [4.69, 9.17) is 4.74 Å². The van der Waals surface area contributed by atoms with Crippen molar-refractivity contribution in [3.8, 4) is 0 Å². The molecule has 3 aromatic rings. The van der Waals surface area contributed by atoms with Gasteiger partial charge in [-0.05, 0) is 62.7 Å². The lowest BCUT2D eigenvalue weighted by Crippen LogP contribution is -2.30. The van der Waals surface area contributed by atoms with Crippen LogP contribution in [0.5, 0.6) is 0 Å². The van der Waals surface area contributed by atoms with E-state index in [1.165, 1.54) is 43.6 Å². The monoisotopic (exact) mass is 454 g/mol. The molecule has 1 aromatic heterocycles. The van der Waals surface area contributed by atoms with Gasteiger partial charge >= 0.3 is 5.97 Å². The second-order valence-electron chi connectivity index (χ2n) is 7.06. The first-order chi connectivity index (χ1) is 15.2. The maximum atomic E-state index is 12.4. The first-order valence-corrected chi connectivity index (χ1v) is 11.1. The molecule has 0 fully saturated rings. The number of ether oxygens (including phenoxy) is 1. The smallest absolute Gasteiger partial charge is 0.339 e. The minimum absolute atomic E-state index is 0.0303. The summed E-state index contributed by atoms with van der Waals surface area (Å²) < 4.78 is 32.4. The average molecular weight is 455 g/mol. The molecule has 1 heterocycles. The van der Waals surface area contributed by atoms with Gasteiger partial charge in [0.1, 0.15) is 0 Å². The molecular formula is C22H22N4O5S. The van der Waals surface area contributed by atoms with Crippen LogP contribution in [0.3, 0.4) is 0 Å². The van der Waals surface area contributed by atoms with E-state index in [1.54, 1.807) is 25.1 Å². The summed E-state index contributed by atoms with van der Waals surface area (Å²) in [4.78, 5) is 32.4. The van der Waals surface area contributed by atoms with Gasteiger partial charge in [-0.15, -0.1) is 0 Å². The lowest BCUT2D eigenvalue weighted by atomic mass is 10.1. The van der Waals surface area contributed by atoms with Gasteiger partial charge in [0.25, 0.3) is 15.9 Å². The quantitative estimate of drug-likeness (QED) is 0.525. The Hall–Kier alpha value is -3.79. The number of carbonyl (C=O) groups excluding carboxylic acids is 2. The van der Waals surface area contributed by atoms with Crippen LogP contribution in [0, 0.1) is 13.8 Å². The Kier molecular flexibility index (Phi) is 6.84. The van der Waals surface area contributed by atoms with Crippen LogP contribution >= 0.6 is 0 Å². The number of aromatic nitrogens is 2. The molecule has 0 radical (unpaired) electrons. The van der Waals surface area contributed by atoms with Crippen molar-refractivity contribution in [3.63, 3.8) is 0 Å². The van der Waals surface area contributed by atoms with E-state index in [9.17, 15) is 18.0 Å². The minimum atomic E-state index is -3.89. The zero-order chi connectivity index (χ0) is 23.3. The SMILES string of the molecule is Cc1ccc(C(=O)OC(C)C(=O)Nc2ccc(S(=O)(=O)Nc3ncccn3)cc2)c(C)c1. The van der Waals surface area contributed by atoms with Crippen LogP contribution in [-0.2, 0) is 19.6 Å². The molecule has 0 bridgehead atoms. The highest BCUT2D eigenvalue weighted by molar-refractivity contribution is 7.92. The number of nitrogens with one attached hydrogen (secondary N) is 2. The van der Waals surface area contributed by atoms with Crippen molar-refractivity contribution in [2.45, 2.75) is 31.8 Å². The van der Waals surface area contributed by atoms with Crippen molar-refractivity contribution in [2.75, 3.05) is 10.0 Å². The number of amides is 1. The van der Waals surface area contributed by atoms with Gasteiger partial charge in [-0.25, -0.2) is 27.9 Å². The van der Waals surface area contributed by atoms with Crippen LogP contribution in [0.1, 0.15) is 28.4 Å². The van der Waals surface area contributed by atoms with Gasteiger partial charge in [-0.1, -0.05) is 17.7 Å². The van der Waals surface area contributed by atoms with Crippen LogP contribution in [0.25, 0.3) is 0 Å². The second kappa shape index (κ2) is 9.56. The van der Waals surface area contributed by atoms with E-state index in [0.29, 0.717) is 11.3 Å². The van der Waals surface area contributed by atoms with E-state index in [2.05, 4.69) is 20.0 Å². The molecule has 1 amide bonds. The number of hydrogen-bond acceptors (Lipinski definition) is 7. The summed E-state index contributed by atoms with van der Waals surface area (Å²) in [6, 6.07) is 12.4. The summed E-state index contributed by atoms with van der Waals surface area (Å²) in [5.74, 6) is -1.19. The molecule has 0 spiro atoms. The van der Waals surface area contributed by atoms with Crippen LogP contribution in [0.4, 0.5) is 11.6 Å². The fraction of sp³-hybridized carbons (Fsp3) is 0.182. The van der Waals surface area contributed by atoms with Gasteiger partial charge in [0, 0.05) is 18.1 Å². The Bertz CT molecular complexity index is 1230. The summed E-state index contributed by atoms with van der Waals surface area (Å²) in [7, 11) is -3.89. The number of rotatable bonds is 7. The van der Waals surface area contributed by atoms with E-state index in [-0.39, 0.29) is 10.8 Å². The number of anilines is 2. The van der Waals surface area contributed by atoms with Gasteiger partial charge in [0.05, 0.1) is 10.5 Å². The molecule has 0 aliphatic rings. The molecule has 10 heteroatoms. The lowest BCUT2D eigenvalue weighted by molar-refractivity contribution is -0.123. The third-order valence-electron chi connectivity index (χ3n) is 4.48. The van der Waals surface area contributed by atoms with Crippen molar-refractivity contribution >= 4 is 33.5 Å². The Labute approximate surface area is 185 Å². The number of aryl methyl sites for hydroxylation is 2. The van der Waals surface area contributed by atoms with Crippen molar-refractivity contribution in [1.82, 2.24) is 9.97 Å². The zero-order valence-corrected chi connectivity index (χ0v) is 18.5. The van der Waals surface area contributed by atoms with Crippen molar-refractivity contribution in [1.29, 1.82) is 0 Å². The largest absolute Gasteiger partial charge is 0.449 e. The fourth-order valence-electron chi connectivity index (χ4n) is 2.81. The van der Waals surface area contributed by atoms with Crippen LogP contribution in [-0.4, -0.2) is 36.4 Å². The number of hydrogen-bond donors (Lipinski definition) is 2. The second-order valence-corrected chi connectivity index (χ2v) is 8.74. The van der Waals surface area contributed by atoms with Crippen LogP contribution in [0.15, 0.2) is 65.8 Å². The normalized spacial score (nSPS) is 12.0. The molecule has 32 heavy (non-hydrogen) atoms. The minimum Gasteiger partial charge on any atom is -0.449 e. The summed E-state index contributed by atoms with van der Waals surface area (Å²) in [5, 5.41) is 2.59. The van der Waals surface area contributed by atoms with Gasteiger partial charge in [-0.3, -0.25) is 4.79 Å². The molecule has 1 atom stereocenters. The molecule has 9 nitrogen and oxygen atoms in total. The standard InChI is InChI=1S/C22H22N4O5S/c1-14-5-10-19(15(2)13-14)21(28)31-16(3)20(27)25-17-6-8-18(9-7-17)32(29,30)26-22-23-11-4-12-24-22/h4-13,16H,1-3H3,(H,25,27)(H,23,24,26). The number of nitrogens with zero attached hydrogens (tertiary/aromatic N) is 2. The molecule has 3 rings (SSSR count). The van der Waals surface area contributed by atoms with Crippen molar-refractivity contribution in [3.05, 3.63) is 77.6 Å². The van der Waals surface area contributed by atoms with Gasteiger partial charge < -0.3 is 10.1 Å². The molecule has 166 valence electrons. The van der Waals surface area contributed by atoms with Crippen LogP contribution < -0.4 is 10.0 Å². The predicted molar refractivity (Wildman–Crippen MR) is 119 cm³/mol. The molecule has 2 N–H and O–H groups in total. The maximum absolute atomic E-state index is 12.4. The number of benzene rings is 2. The molecule has 0 saturated carbocycles. The topological polar surface area (TPSA) is 127 Å². The molecule has 1 unspecified atom stereocenters. The lowest BCUT2D eigenvalue weighted by Gasteiger charge is -2.15. The van der Waals surface area contributed by atoms with E-state index in [1.807, 2.05) is 13.0 Å². The Morgan fingerprint density at radius 2 is 1.66 bits per heavy atom. The average Bonchev–Trinajstić information content (AvgIpc) is 2.74. The van der Waals surface area contributed by atoms with Gasteiger partial charge in [-0.2, -0.15) is 0 Å². The van der Waals surface area contributed by atoms with Gasteiger partial charge in [0.2, 0.25) is 5.95 Å². The Morgan fingerprint density at radius 1 is 1.00 bits per heavy atom. The highest BCUT2D eigenvalue weighted by Crippen LogP contribution is 2.17.